The van der Waals surface area contributed by atoms with Gasteiger partial charge in [0.1, 0.15) is 12.1 Å². The Hall–Kier alpha value is -3.66. The zero-order valence-corrected chi connectivity index (χ0v) is 18.8. The molecule has 10 heteroatoms. The number of sulfonamides is 1. The summed E-state index contributed by atoms with van der Waals surface area (Å²) in [5.74, 6) is -0.732. The van der Waals surface area contributed by atoms with Crippen molar-refractivity contribution in [2.24, 2.45) is 0 Å². The molecule has 0 spiro atoms. The van der Waals surface area contributed by atoms with Crippen LogP contribution in [0.4, 0.5) is 23.6 Å². The highest BCUT2D eigenvalue weighted by Crippen LogP contribution is 2.44. The van der Waals surface area contributed by atoms with Crippen molar-refractivity contribution in [3.05, 3.63) is 101 Å². The second kappa shape index (κ2) is 8.53. The van der Waals surface area contributed by atoms with E-state index in [4.69, 9.17) is 4.42 Å². The number of anilines is 1. The molecule has 0 bridgehead atoms. The Morgan fingerprint density at radius 2 is 1.71 bits per heavy atom. The number of aromatic nitrogens is 1. The minimum Gasteiger partial charge on any atom is -0.432 e. The number of rotatable bonds is 5. The van der Waals surface area contributed by atoms with Crippen molar-refractivity contribution < 1.29 is 30.4 Å². The molecule has 0 saturated heterocycles. The third-order valence-electron chi connectivity index (χ3n) is 6.07. The quantitative estimate of drug-likeness (QED) is 0.322. The number of nitrogens with one attached hydrogen (secondary N) is 1. The fourth-order valence-electron chi connectivity index (χ4n) is 4.45. The predicted octanol–water partition coefficient (Wildman–Crippen LogP) is 6.38. The Morgan fingerprint density at radius 3 is 2.40 bits per heavy atom. The van der Waals surface area contributed by atoms with Crippen molar-refractivity contribution in [2.75, 3.05) is 4.72 Å². The van der Waals surface area contributed by atoms with Gasteiger partial charge < -0.3 is 4.42 Å². The summed E-state index contributed by atoms with van der Waals surface area (Å²) >= 11 is 0. The minimum absolute atomic E-state index is 0.0290. The van der Waals surface area contributed by atoms with Gasteiger partial charge >= 0.3 is 12.2 Å². The summed E-state index contributed by atoms with van der Waals surface area (Å²) in [4.78, 5) is 3.79. The van der Waals surface area contributed by atoms with E-state index >= 15 is 0 Å². The number of oxazole rings is 1. The van der Waals surface area contributed by atoms with Crippen LogP contribution in [0.1, 0.15) is 34.6 Å². The van der Waals surface area contributed by atoms with E-state index in [0.717, 1.165) is 23.3 Å². The molecule has 0 radical (unpaired) electrons. The predicted molar refractivity (Wildman–Crippen MR) is 121 cm³/mol. The van der Waals surface area contributed by atoms with Gasteiger partial charge in [0, 0.05) is 5.92 Å². The number of aryl methyl sites for hydroxylation is 1. The Balaban J connectivity index is 1.54. The third kappa shape index (κ3) is 4.53. The largest absolute Gasteiger partial charge is 0.432 e. The highest BCUT2D eigenvalue weighted by atomic mass is 32.2. The standard InChI is InChI=1S/C25H18F4N2O3S/c26-18-5-1-15(2-6-18)23-14-17(25(27,28)29)4-9-22(23)21-8-3-16-13-19(7-10-20(16)21)35(32,33)31-24-30-11-12-34-24/h1-2,4-7,9-14,21H,3,8H2,(H,30,31). The van der Waals surface area contributed by atoms with Gasteiger partial charge in [-0.3, -0.25) is 0 Å². The van der Waals surface area contributed by atoms with Crippen LogP contribution in [0, 0.1) is 5.82 Å². The topological polar surface area (TPSA) is 72.2 Å². The van der Waals surface area contributed by atoms with E-state index in [9.17, 15) is 26.0 Å². The first-order valence-corrected chi connectivity index (χ1v) is 12.1. The molecule has 5 rings (SSSR count). The Morgan fingerprint density at radius 1 is 0.971 bits per heavy atom. The van der Waals surface area contributed by atoms with Crippen molar-refractivity contribution >= 4 is 16.0 Å². The summed E-state index contributed by atoms with van der Waals surface area (Å²) in [5, 5.41) is 0. The minimum atomic E-state index is -4.53. The average molecular weight is 502 g/mol. The molecule has 180 valence electrons. The van der Waals surface area contributed by atoms with E-state index in [1.807, 2.05) is 0 Å². The van der Waals surface area contributed by atoms with Crippen LogP contribution in [-0.2, 0) is 22.6 Å². The molecule has 1 N–H and O–H groups in total. The number of hydrogen-bond donors (Lipinski definition) is 1. The lowest BCUT2D eigenvalue weighted by molar-refractivity contribution is -0.137. The summed E-state index contributed by atoms with van der Waals surface area (Å²) < 4.78 is 86.5. The van der Waals surface area contributed by atoms with E-state index in [0.29, 0.717) is 29.5 Å². The lowest BCUT2D eigenvalue weighted by atomic mass is 9.86. The summed E-state index contributed by atoms with van der Waals surface area (Å²) in [6.07, 6.45) is -0.834. The molecule has 0 amide bonds. The molecule has 0 aliphatic heterocycles. The lowest BCUT2D eigenvalue weighted by Crippen LogP contribution is -2.13. The van der Waals surface area contributed by atoms with E-state index < -0.39 is 27.6 Å². The van der Waals surface area contributed by atoms with Crippen LogP contribution in [-0.4, -0.2) is 13.4 Å². The lowest BCUT2D eigenvalue weighted by Gasteiger charge is -2.20. The molecule has 1 aliphatic rings. The monoisotopic (exact) mass is 502 g/mol. The molecule has 1 aromatic heterocycles. The SMILES string of the molecule is O=S(=O)(Nc1ncco1)c1ccc2c(c1)CCC2c1ccc(C(F)(F)F)cc1-c1ccc(F)cc1. The molecule has 1 atom stereocenters. The van der Waals surface area contributed by atoms with Crippen LogP contribution in [0.25, 0.3) is 11.1 Å². The first-order chi connectivity index (χ1) is 16.6. The first-order valence-electron chi connectivity index (χ1n) is 10.6. The van der Waals surface area contributed by atoms with Crippen LogP contribution < -0.4 is 4.72 Å². The fourth-order valence-corrected chi connectivity index (χ4v) is 5.44. The van der Waals surface area contributed by atoms with Crippen LogP contribution in [0.2, 0.25) is 0 Å². The summed E-state index contributed by atoms with van der Waals surface area (Å²) in [6, 6.07) is 13.4. The Labute approximate surface area is 198 Å². The fraction of sp³-hybridized carbons (Fsp3) is 0.160. The van der Waals surface area contributed by atoms with Gasteiger partial charge in [0.05, 0.1) is 16.7 Å². The smallest absolute Gasteiger partial charge is 0.416 e. The Bertz CT molecular complexity index is 1480. The van der Waals surface area contributed by atoms with E-state index in [1.54, 1.807) is 12.1 Å². The number of fused-ring (bicyclic) bond motifs is 1. The maximum Gasteiger partial charge on any atom is 0.416 e. The Kier molecular flexibility index (Phi) is 5.63. The van der Waals surface area contributed by atoms with Crippen molar-refractivity contribution in [1.82, 2.24) is 4.98 Å². The summed E-state index contributed by atoms with van der Waals surface area (Å²) in [5.41, 5.74) is 2.32. The number of halogens is 4. The van der Waals surface area contributed by atoms with Gasteiger partial charge in [-0.05, 0) is 77.1 Å². The number of nitrogens with zero attached hydrogens (tertiary/aromatic N) is 1. The van der Waals surface area contributed by atoms with Crippen molar-refractivity contribution in [3.63, 3.8) is 0 Å². The highest BCUT2D eigenvalue weighted by molar-refractivity contribution is 7.92. The third-order valence-corrected chi connectivity index (χ3v) is 7.39. The van der Waals surface area contributed by atoms with E-state index in [2.05, 4.69) is 9.71 Å². The summed E-state index contributed by atoms with van der Waals surface area (Å²) in [6.45, 7) is 0. The van der Waals surface area contributed by atoms with E-state index in [-0.39, 0.29) is 16.8 Å². The zero-order chi connectivity index (χ0) is 24.8. The normalized spacial score (nSPS) is 15.7. The molecule has 1 heterocycles. The van der Waals surface area contributed by atoms with Gasteiger partial charge in [-0.1, -0.05) is 24.3 Å². The second-order valence-electron chi connectivity index (χ2n) is 8.20. The number of hydrogen-bond acceptors (Lipinski definition) is 4. The number of benzene rings is 3. The van der Waals surface area contributed by atoms with Crippen molar-refractivity contribution in [3.8, 4) is 11.1 Å². The van der Waals surface area contributed by atoms with Crippen LogP contribution in [0.5, 0.6) is 0 Å². The van der Waals surface area contributed by atoms with Crippen molar-refractivity contribution in [1.29, 1.82) is 0 Å². The van der Waals surface area contributed by atoms with Gasteiger partial charge in [0.15, 0.2) is 0 Å². The maximum absolute atomic E-state index is 13.5. The van der Waals surface area contributed by atoms with Gasteiger partial charge in [-0.15, -0.1) is 0 Å². The second-order valence-corrected chi connectivity index (χ2v) is 9.88. The van der Waals surface area contributed by atoms with Crippen LogP contribution in [0.15, 0.2) is 82.4 Å². The van der Waals surface area contributed by atoms with E-state index in [1.165, 1.54) is 48.9 Å². The summed E-state index contributed by atoms with van der Waals surface area (Å²) in [7, 11) is -3.93. The molecule has 0 saturated carbocycles. The van der Waals surface area contributed by atoms with Crippen LogP contribution >= 0.6 is 0 Å². The molecule has 35 heavy (non-hydrogen) atoms. The molecular weight excluding hydrogens is 484 g/mol. The molecule has 0 fully saturated rings. The van der Waals surface area contributed by atoms with Gasteiger partial charge in [0.2, 0.25) is 0 Å². The number of alkyl halides is 3. The zero-order valence-electron chi connectivity index (χ0n) is 18.0. The molecule has 5 nitrogen and oxygen atoms in total. The first kappa shape index (κ1) is 23.1. The van der Waals surface area contributed by atoms with Gasteiger partial charge in [-0.25, -0.2) is 22.5 Å². The van der Waals surface area contributed by atoms with Gasteiger partial charge in [-0.2, -0.15) is 13.2 Å². The van der Waals surface area contributed by atoms with Crippen LogP contribution in [0.3, 0.4) is 0 Å². The van der Waals surface area contributed by atoms with Gasteiger partial charge in [0.25, 0.3) is 10.0 Å². The molecule has 1 aliphatic carbocycles. The van der Waals surface area contributed by atoms with Crippen molar-refractivity contribution in [2.45, 2.75) is 29.8 Å². The molecule has 1 unspecified atom stereocenters. The molecule has 4 aromatic rings. The highest BCUT2D eigenvalue weighted by Gasteiger charge is 2.33. The average Bonchev–Trinajstić information content (AvgIpc) is 3.47. The molecular formula is C25H18F4N2O3S. The molecule has 3 aromatic carbocycles. The maximum atomic E-state index is 13.5.